The first kappa shape index (κ1) is 20.1. The van der Waals surface area contributed by atoms with Gasteiger partial charge in [-0.3, -0.25) is 5.32 Å². The second-order valence-electron chi connectivity index (χ2n) is 10.5. The number of piperidine rings is 1. The Bertz CT molecular complexity index is 484. The maximum Gasteiger partial charge on any atom is 0.328 e. The molecule has 1 aliphatic carbocycles. The van der Waals surface area contributed by atoms with Crippen LogP contribution in [0.5, 0.6) is 0 Å². The molecule has 26 heavy (non-hydrogen) atoms. The van der Waals surface area contributed by atoms with Gasteiger partial charge in [0.15, 0.2) is 5.72 Å². The molecule has 0 unspecified atom stereocenters. The smallest absolute Gasteiger partial charge is 0.328 e. The first-order valence-electron chi connectivity index (χ1n) is 11.0. The van der Waals surface area contributed by atoms with Crippen molar-refractivity contribution in [3.63, 3.8) is 0 Å². The molecule has 0 radical (unpaired) electrons. The first-order valence-corrected chi connectivity index (χ1v) is 11.0. The number of hydrogen-bond acceptors (Lipinski definition) is 4. The molecule has 4 nitrogen and oxygen atoms in total. The third-order valence-corrected chi connectivity index (χ3v) is 6.47. The average Bonchev–Trinajstić information content (AvgIpc) is 2.71. The minimum atomic E-state index is -0.532. The lowest BCUT2D eigenvalue weighted by atomic mass is 9.71. The summed E-state index contributed by atoms with van der Waals surface area (Å²) in [5.74, 6) is -0.00718. The number of rotatable bonds is 0. The van der Waals surface area contributed by atoms with Gasteiger partial charge in [0.05, 0.1) is 0 Å². The molecular weight excluding hydrogens is 324 g/mol. The fourth-order valence-electron chi connectivity index (χ4n) is 6.01. The lowest BCUT2D eigenvalue weighted by Gasteiger charge is -2.50. The molecule has 0 bridgehead atoms. The summed E-state index contributed by atoms with van der Waals surface area (Å²) in [4.78, 5) is 13.2. The Kier molecular flexibility index (Phi) is 5.75. The summed E-state index contributed by atoms with van der Waals surface area (Å²) < 4.78 is 6.20. The van der Waals surface area contributed by atoms with Crippen LogP contribution >= 0.6 is 0 Å². The lowest BCUT2D eigenvalue weighted by molar-refractivity contribution is -0.154. The minimum absolute atomic E-state index is 0.00718. The highest BCUT2D eigenvalue weighted by molar-refractivity contribution is 5.84. The van der Waals surface area contributed by atoms with E-state index in [1.807, 2.05) is 0 Å². The van der Waals surface area contributed by atoms with E-state index < -0.39 is 11.3 Å². The number of esters is 1. The van der Waals surface area contributed by atoms with Gasteiger partial charge in [-0.15, -0.1) is 0 Å². The quantitative estimate of drug-likeness (QED) is 0.606. The third kappa shape index (κ3) is 4.62. The maximum absolute atomic E-state index is 13.2. The number of carbonyl (C=O) groups excluding carboxylic acids is 1. The van der Waals surface area contributed by atoms with Crippen molar-refractivity contribution in [3.05, 3.63) is 0 Å². The van der Waals surface area contributed by atoms with Crippen LogP contribution in [0.4, 0.5) is 0 Å². The van der Waals surface area contributed by atoms with Gasteiger partial charge in [0, 0.05) is 23.9 Å². The first-order chi connectivity index (χ1) is 12.2. The van der Waals surface area contributed by atoms with Crippen molar-refractivity contribution >= 4 is 5.97 Å². The van der Waals surface area contributed by atoms with Crippen LogP contribution in [-0.2, 0) is 9.53 Å². The van der Waals surface area contributed by atoms with Gasteiger partial charge >= 0.3 is 5.97 Å². The molecule has 3 aliphatic rings. The molecular formula is C22H40N2O2. The highest BCUT2D eigenvalue weighted by Crippen LogP contribution is 2.44. The third-order valence-electron chi connectivity index (χ3n) is 6.47. The van der Waals surface area contributed by atoms with E-state index in [0.29, 0.717) is 0 Å². The van der Waals surface area contributed by atoms with Gasteiger partial charge in [0.25, 0.3) is 0 Å². The predicted molar refractivity (Wildman–Crippen MR) is 106 cm³/mol. The Labute approximate surface area is 160 Å². The molecule has 1 saturated carbocycles. The Morgan fingerprint density at radius 2 is 1.12 bits per heavy atom. The Hall–Kier alpha value is -0.610. The summed E-state index contributed by atoms with van der Waals surface area (Å²) in [7, 11) is 0. The summed E-state index contributed by atoms with van der Waals surface area (Å²) in [6.45, 7) is 8.82. The van der Waals surface area contributed by atoms with E-state index in [1.54, 1.807) is 0 Å². The highest BCUT2D eigenvalue weighted by atomic mass is 16.6. The molecule has 0 amide bonds. The molecule has 4 heteroatoms. The minimum Gasteiger partial charge on any atom is -0.443 e. The number of nitrogens with one attached hydrogen (secondary N) is 2. The molecule has 0 aromatic carbocycles. The van der Waals surface area contributed by atoms with Crippen molar-refractivity contribution < 1.29 is 9.53 Å². The van der Waals surface area contributed by atoms with Crippen molar-refractivity contribution in [1.29, 1.82) is 0 Å². The van der Waals surface area contributed by atoms with Crippen molar-refractivity contribution in [2.45, 2.75) is 134 Å². The molecule has 0 aromatic heterocycles. The Balaban J connectivity index is 1.78. The van der Waals surface area contributed by atoms with E-state index in [4.69, 9.17) is 4.74 Å². The lowest BCUT2D eigenvalue weighted by Crippen LogP contribution is -2.69. The highest BCUT2D eigenvalue weighted by Gasteiger charge is 2.61. The van der Waals surface area contributed by atoms with Gasteiger partial charge in [-0.2, -0.15) is 0 Å². The molecule has 2 heterocycles. The van der Waals surface area contributed by atoms with Crippen LogP contribution in [0.15, 0.2) is 0 Å². The summed E-state index contributed by atoms with van der Waals surface area (Å²) in [6.07, 6.45) is 15.1. The summed E-state index contributed by atoms with van der Waals surface area (Å²) in [5, 5.41) is 7.53. The molecule has 0 aromatic rings. The second-order valence-corrected chi connectivity index (χ2v) is 10.5. The molecule has 150 valence electrons. The van der Waals surface area contributed by atoms with Crippen LogP contribution in [0.2, 0.25) is 0 Å². The molecule has 0 atom stereocenters. The van der Waals surface area contributed by atoms with E-state index in [2.05, 4.69) is 38.3 Å². The van der Waals surface area contributed by atoms with E-state index in [0.717, 1.165) is 38.5 Å². The largest absolute Gasteiger partial charge is 0.443 e. The predicted octanol–water partition coefficient (Wildman–Crippen LogP) is 4.81. The Morgan fingerprint density at radius 1 is 0.692 bits per heavy atom. The maximum atomic E-state index is 13.2. The van der Waals surface area contributed by atoms with Gasteiger partial charge in [-0.25, -0.2) is 4.79 Å². The SMILES string of the molecule is CC1(C)CC2(CC(C)(C)N1)NC1(CCCCCCCCCCC1)OC2=O. The van der Waals surface area contributed by atoms with Crippen molar-refractivity contribution in [1.82, 2.24) is 10.6 Å². The summed E-state index contributed by atoms with van der Waals surface area (Å²) in [5.41, 5.74) is -1.12. The molecule has 2 aliphatic heterocycles. The van der Waals surface area contributed by atoms with Crippen molar-refractivity contribution in [3.8, 4) is 0 Å². The second kappa shape index (κ2) is 7.43. The van der Waals surface area contributed by atoms with Crippen LogP contribution in [0.25, 0.3) is 0 Å². The standard InChI is InChI=1S/C22H40N2O2/c1-19(2)16-21(17-20(3,4)23-19)18(25)26-22(24-21)14-12-10-8-6-5-7-9-11-13-15-22/h23-24H,5-17H2,1-4H3. The van der Waals surface area contributed by atoms with Crippen molar-refractivity contribution in [2.24, 2.45) is 0 Å². The molecule has 2 N–H and O–H groups in total. The zero-order valence-corrected chi connectivity index (χ0v) is 17.5. The molecule has 3 rings (SSSR count). The topological polar surface area (TPSA) is 50.4 Å². The van der Waals surface area contributed by atoms with Crippen LogP contribution < -0.4 is 10.6 Å². The normalized spacial score (nSPS) is 31.2. The fourth-order valence-corrected chi connectivity index (χ4v) is 6.01. The fraction of sp³-hybridized carbons (Fsp3) is 0.955. The molecule has 2 saturated heterocycles. The number of carbonyl (C=O) groups is 1. The Morgan fingerprint density at radius 3 is 1.58 bits per heavy atom. The van der Waals surface area contributed by atoms with Gasteiger partial charge in [-0.1, -0.05) is 44.9 Å². The van der Waals surface area contributed by atoms with Gasteiger partial charge in [0.1, 0.15) is 5.54 Å². The van der Waals surface area contributed by atoms with Gasteiger partial charge in [-0.05, 0) is 53.4 Å². The van der Waals surface area contributed by atoms with Crippen molar-refractivity contribution in [2.75, 3.05) is 0 Å². The summed E-state index contributed by atoms with van der Waals surface area (Å²) in [6, 6.07) is 0. The molecule has 3 fully saturated rings. The summed E-state index contributed by atoms with van der Waals surface area (Å²) >= 11 is 0. The van der Waals surface area contributed by atoms with Crippen LogP contribution in [-0.4, -0.2) is 28.3 Å². The van der Waals surface area contributed by atoms with Crippen LogP contribution in [0.3, 0.4) is 0 Å². The van der Waals surface area contributed by atoms with E-state index >= 15 is 0 Å². The average molecular weight is 365 g/mol. The van der Waals surface area contributed by atoms with E-state index in [-0.39, 0.29) is 17.0 Å². The van der Waals surface area contributed by atoms with Crippen LogP contribution in [0, 0.1) is 0 Å². The van der Waals surface area contributed by atoms with E-state index in [9.17, 15) is 4.79 Å². The zero-order valence-electron chi connectivity index (χ0n) is 17.5. The van der Waals surface area contributed by atoms with E-state index in [1.165, 1.54) is 44.9 Å². The van der Waals surface area contributed by atoms with Crippen LogP contribution in [0.1, 0.15) is 111 Å². The van der Waals surface area contributed by atoms with Gasteiger partial charge < -0.3 is 10.1 Å². The molecule has 2 spiro atoms. The van der Waals surface area contributed by atoms with Gasteiger partial charge in [0.2, 0.25) is 0 Å². The number of hydrogen-bond donors (Lipinski definition) is 2. The number of ether oxygens (including phenoxy) is 1. The zero-order chi connectivity index (χ0) is 18.9. The monoisotopic (exact) mass is 364 g/mol.